The zero-order chi connectivity index (χ0) is 19.2. The van der Waals surface area contributed by atoms with Gasteiger partial charge in [-0.2, -0.15) is 11.3 Å². The Balaban J connectivity index is 1.51. The van der Waals surface area contributed by atoms with Crippen LogP contribution in [0, 0.1) is 5.92 Å². The van der Waals surface area contributed by atoms with E-state index in [2.05, 4.69) is 5.32 Å². The Morgan fingerprint density at radius 3 is 2.67 bits per heavy atom. The highest BCUT2D eigenvalue weighted by Crippen LogP contribution is 2.21. The quantitative estimate of drug-likeness (QED) is 0.821. The van der Waals surface area contributed by atoms with E-state index in [1.54, 1.807) is 23.5 Å². The molecule has 0 unspecified atom stereocenters. The first-order chi connectivity index (χ1) is 13.0. The number of carbonyl (C=O) groups is 2. The predicted octanol–water partition coefficient (Wildman–Crippen LogP) is 3.82. The molecule has 6 heteroatoms. The van der Waals surface area contributed by atoms with Crippen molar-refractivity contribution >= 4 is 23.2 Å². The summed E-state index contributed by atoms with van der Waals surface area (Å²) >= 11 is 1.55. The van der Waals surface area contributed by atoms with Crippen molar-refractivity contribution in [3.8, 4) is 5.75 Å². The van der Waals surface area contributed by atoms with Crippen LogP contribution < -0.4 is 10.1 Å². The predicted molar refractivity (Wildman–Crippen MR) is 107 cm³/mol. The molecular weight excluding hydrogens is 360 g/mol. The normalized spacial score (nSPS) is 17.0. The Hall–Kier alpha value is -2.34. The first-order valence-corrected chi connectivity index (χ1v) is 10.3. The van der Waals surface area contributed by atoms with E-state index in [0.29, 0.717) is 18.1 Å². The van der Waals surface area contributed by atoms with Gasteiger partial charge in [0.05, 0.1) is 12.2 Å². The molecule has 5 nitrogen and oxygen atoms in total. The molecule has 3 rings (SSSR count). The lowest BCUT2D eigenvalue weighted by atomic mass is 9.98. The number of nitrogens with zero attached hydrogens (tertiary/aromatic N) is 1. The van der Waals surface area contributed by atoms with Crippen LogP contribution >= 0.6 is 11.3 Å². The average molecular weight is 387 g/mol. The average Bonchev–Trinajstić information content (AvgIpc) is 3.20. The van der Waals surface area contributed by atoms with Crippen LogP contribution in [0.1, 0.15) is 47.4 Å². The molecule has 0 bridgehead atoms. The summed E-state index contributed by atoms with van der Waals surface area (Å²) in [5.74, 6) is 1.11. The molecule has 1 aromatic heterocycles. The van der Waals surface area contributed by atoms with Gasteiger partial charge in [0.15, 0.2) is 0 Å². The van der Waals surface area contributed by atoms with Crippen LogP contribution in [0.25, 0.3) is 0 Å². The van der Waals surface area contributed by atoms with Gasteiger partial charge in [-0.05, 0) is 62.4 Å². The highest BCUT2D eigenvalue weighted by Gasteiger charge is 2.25. The topological polar surface area (TPSA) is 58.6 Å². The summed E-state index contributed by atoms with van der Waals surface area (Å²) in [6, 6.07) is 9.20. The minimum absolute atomic E-state index is 0.0774. The lowest BCUT2D eigenvalue weighted by Gasteiger charge is -2.32. The van der Waals surface area contributed by atoms with Gasteiger partial charge in [-0.15, -0.1) is 0 Å². The number of thiophene rings is 1. The van der Waals surface area contributed by atoms with Crippen LogP contribution in [0.15, 0.2) is 41.1 Å². The van der Waals surface area contributed by atoms with Crippen molar-refractivity contribution in [3.05, 3.63) is 52.2 Å². The number of amides is 2. The van der Waals surface area contributed by atoms with Crippen LogP contribution in [0.2, 0.25) is 0 Å². The highest BCUT2D eigenvalue weighted by molar-refractivity contribution is 7.08. The van der Waals surface area contributed by atoms with E-state index >= 15 is 0 Å². The number of benzene rings is 1. The molecule has 2 amide bonds. The van der Waals surface area contributed by atoms with Gasteiger partial charge in [0.1, 0.15) is 5.75 Å². The zero-order valence-corrected chi connectivity index (χ0v) is 16.6. The molecule has 1 aromatic carbocycles. The van der Waals surface area contributed by atoms with E-state index in [-0.39, 0.29) is 17.9 Å². The van der Waals surface area contributed by atoms with Gasteiger partial charge in [-0.3, -0.25) is 9.59 Å². The number of rotatable bonds is 6. The maximum atomic E-state index is 12.5. The monoisotopic (exact) mass is 386 g/mol. The molecule has 1 aliphatic heterocycles. The second-order valence-corrected chi connectivity index (χ2v) is 8.02. The van der Waals surface area contributed by atoms with Gasteiger partial charge >= 0.3 is 0 Å². The van der Waals surface area contributed by atoms with Crippen molar-refractivity contribution in [2.24, 2.45) is 5.92 Å². The Morgan fingerprint density at radius 1 is 1.22 bits per heavy atom. The molecule has 27 heavy (non-hydrogen) atoms. The fourth-order valence-corrected chi connectivity index (χ4v) is 3.85. The van der Waals surface area contributed by atoms with Gasteiger partial charge in [0.2, 0.25) is 0 Å². The van der Waals surface area contributed by atoms with Crippen LogP contribution in [0.5, 0.6) is 5.75 Å². The van der Waals surface area contributed by atoms with Crippen molar-refractivity contribution in [3.63, 3.8) is 0 Å². The van der Waals surface area contributed by atoms with Crippen molar-refractivity contribution in [1.29, 1.82) is 0 Å². The first kappa shape index (κ1) is 19.4. The fraction of sp³-hybridized carbons (Fsp3) is 0.429. The van der Waals surface area contributed by atoms with Gasteiger partial charge in [-0.1, -0.05) is 0 Å². The molecule has 0 spiro atoms. The summed E-state index contributed by atoms with van der Waals surface area (Å²) in [5, 5.41) is 6.71. The van der Waals surface area contributed by atoms with E-state index in [0.717, 1.165) is 37.2 Å². The minimum Gasteiger partial charge on any atom is -0.493 e. The summed E-state index contributed by atoms with van der Waals surface area (Å²) < 4.78 is 5.91. The number of nitrogens with one attached hydrogen (secondary N) is 1. The maximum absolute atomic E-state index is 12.5. The molecule has 0 saturated carbocycles. The maximum Gasteiger partial charge on any atom is 0.254 e. The van der Waals surface area contributed by atoms with E-state index in [1.165, 1.54) is 0 Å². The van der Waals surface area contributed by atoms with Gasteiger partial charge in [-0.25, -0.2) is 0 Å². The molecule has 1 fully saturated rings. The van der Waals surface area contributed by atoms with Crippen LogP contribution in [-0.2, 0) is 0 Å². The molecule has 0 aliphatic carbocycles. The number of ether oxygens (including phenoxy) is 1. The standard InChI is InChI=1S/C21H26N2O3S/c1-15(2)22-20(24)17-5-7-19(8-6-17)26-13-16-4-3-10-23(12-16)21(25)18-9-11-27-14-18/h5-9,11,14-16H,3-4,10,12-13H2,1-2H3,(H,22,24)/t16-/m1/s1. The van der Waals surface area contributed by atoms with Gasteiger partial charge in [0.25, 0.3) is 11.8 Å². The van der Waals surface area contributed by atoms with Crippen molar-refractivity contribution in [1.82, 2.24) is 10.2 Å². The van der Waals surface area contributed by atoms with E-state index in [4.69, 9.17) is 4.74 Å². The lowest BCUT2D eigenvalue weighted by molar-refractivity contribution is 0.0634. The Bertz CT molecular complexity index is 756. The molecule has 2 heterocycles. The smallest absolute Gasteiger partial charge is 0.254 e. The van der Waals surface area contributed by atoms with Crippen LogP contribution in [0.4, 0.5) is 0 Å². The molecule has 144 valence electrons. The largest absolute Gasteiger partial charge is 0.493 e. The number of piperidine rings is 1. The second-order valence-electron chi connectivity index (χ2n) is 7.23. The van der Waals surface area contributed by atoms with E-state index in [9.17, 15) is 9.59 Å². The lowest BCUT2D eigenvalue weighted by Crippen LogP contribution is -2.41. The summed E-state index contributed by atoms with van der Waals surface area (Å²) in [7, 11) is 0. The van der Waals surface area contributed by atoms with Gasteiger partial charge in [0, 0.05) is 36.0 Å². The molecule has 1 saturated heterocycles. The third kappa shape index (κ3) is 5.32. The molecule has 1 aliphatic rings. The zero-order valence-electron chi connectivity index (χ0n) is 15.8. The SMILES string of the molecule is CC(C)NC(=O)c1ccc(OC[C@@H]2CCCN(C(=O)c3ccsc3)C2)cc1. The minimum atomic E-state index is -0.0774. The van der Waals surface area contributed by atoms with Crippen LogP contribution in [0.3, 0.4) is 0 Å². The summed E-state index contributed by atoms with van der Waals surface area (Å²) in [6.07, 6.45) is 2.06. The Morgan fingerprint density at radius 2 is 2.00 bits per heavy atom. The number of likely N-dealkylation sites (tertiary alicyclic amines) is 1. The highest BCUT2D eigenvalue weighted by atomic mass is 32.1. The summed E-state index contributed by atoms with van der Waals surface area (Å²) in [5.41, 5.74) is 1.40. The van der Waals surface area contributed by atoms with Crippen molar-refractivity contribution < 1.29 is 14.3 Å². The fourth-order valence-electron chi connectivity index (χ4n) is 3.22. The van der Waals surface area contributed by atoms with E-state index < -0.39 is 0 Å². The van der Waals surface area contributed by atoms with Crippen LogP contribution in [-0.4, -0.2) is 42.5 Å². The number of hydrogen-bond donors (Lipinski definition) is 1. The molecule has 0 radical (unpaired) electrons. The van der Waals surface area contributed by atoms with E-state index in [1.807, 2.05) is 47.7 Å². The molecule has 2 aromatic rings. The second kappa shape index (κ2) is 9.04. The Labute approximate surface area is 164 Å². The Kier molecular flexibility index (Phi) is 6.50. The third-order valence-electron chi connectivity index (χ3n) is 4.60. The first-order valence-electron chi connectivity index (χ1n) is 9.38. The number of carbonyl (C=O) groups excluding carboxylic acids is 2. The van der Waals surface area contributed by atoms with Crippen molar-refractivity contribution in [2.75, 3.05) is 19.7 Å². The van der Waals surface area contributed by atoms with Crippen molar-refractivity contribution in [2.45, 2.75) is 32.7 Å². The molecule has 1 atom stereocenters. The molecular formula is C21H26N2O3S. The van der Waals surface area contributed by atoms with Gasteiger partial charge < -0.3 is 15.0 Å². The summed E-state index contributed by atoms with van der Waals surface area (Å²) in [4.78, 5) is 26.4. The summed E-state index contributed by atoms with van der Waals surface area (Å²) in [6.45, 7) is 5.98. The number of hydrogen-bond acceptors (Lipinski definition) is 4. The molecule has 1 N–H and O–H groups in total. The third-order valence-corrected chi connectivity index (χ3v) is 5.28.